The molecule has 1 saturated heterocycles. The van der Waals surface area contributed by atoms with Gasteiger partial charge in [0.05, 0.1) is 6.33 Å². The summed E-state index contributed by atoms with van der Waals surface area (Å²) in [5.74, 6) is 0. The molecule has 1 fully saturated rings. The highest BCUT2D eigenvalue weighted by molar-refractivity contribution is 4.94. The van der Waals surface area contributed by atoms with E-state index in [1.165, 1.54) is 31.5 Å². The van der Waals surface area contributed by atoms with Gasteiger partial charge < -0.3 is 9.88 Å². The summed E-state index contributed by atoms with van der Waals surface area (Å²) < 4.78 is 2.22. The van der Waals surface area contributed by atoms with E-state index in [2.05, 4.69) is 21.8 Å². The fourth-order valence-electron chi connectivity index (χ4n) is 1.92. The van der Waals surface area contributed by atoms with Crippen LogP contribution in [-0.4, -0.2) is 22.1 Å². The Bertz CT molecular complexity index is 261. The zero-order chi connectivity index (χ0) is 9.10. The summed E-state index contributed by atoms with van der Waals surface area (Å²) in [6.45, 7) is 4.41. The molecule has 3 nitrogen and oxygen atoms in total. The maximum atomic E-state index is 4.11. The van der Waals surface area contributed by atoms with Crippen molar-refractivity contribution in [2.75, 3.05) is 6.54 Å². The molecule has 2 rings (SSSR count). The number of nitrogens with one attached hydrogen (secondary N) is 1. The molecule has 0 aliphatic carbocycles. The summed E-state index contributed by atoms with van der Waals surface area (Å²) in [5, 5.41) is 3.50. The van der Waals surface area contributed by atoms with E-state index in [9.17, 15) is 0 Å². The summed E-state index contributed by atoms with van der Waals surface area (Å²) in [4.78, 5) is 4.11. The molecule has 1 atom stereocenters. The monoisotopic (exact) mass is 179 g/mol. The van der Waals surface area contributed by atoms with E-state index in [1.54, 1.807) is 0 Å². The van der Waals surface area contributed by atoms with Crippen LogP contribution < -0.4 is 5.32 Å². The average Bonchev–Trinajstić information content (AvgIpc) is 2.72. The van der Waals surface area contributed by atoms with Crippen molar-refractivity contribution in [2.24, 2.45) is 0 Å². The number of hydrogen-bond donors (Lipinski definition) is 1. The summed E-state index contributed by atoms with van der Waals surface area (Å²) in [7, 11) is 0. The van der Waals surface area contributed by atoms with Crippen molar-refractivity contribution in [2.45, 2.75) is 38.8 Å². The Balaban J connectivity index is 1.82. The first-order valence-corrected chi connectivity index (χ1v) is 5.06. The summed E-state index contributed by atoms with van der Waals surface area (Å²) in [6, 6.07) is 0.738. The van der Waals surface area contributed by atoms with Gasteiger partial charge in [-0.05, 0) is 32.7 Å². The van der Waals surface area contributed by atoms with Crippen LogP contribution in [0.5, 0.6) is 0 Å². The lowest BCUT2D eigenvalue weighted by Gasteiger charge is -2.10. The van der Waals surface area contributed by atoms with Gasteiger partial charge in [0, 0.05) is 24.5 Å². The van der Waals surface area contributed by atoms with Gasteiger partial charge in [-0.15, -0.1) is 0 Å². The fraction of sp³-hybridized carbons (Fsp3) is 0.700. The largest absolute Gasteiger partial charge is 0.335 e. The zero-order valence-corrected chi connectivity index (χ0v) is 8.16. The van der Waals surface area contributed by atoms with E-state index < -0.39 is 0 Å². The number of aromatic nitrogens is 2. The SMILES string of the molecule is Cc1cncn1CCC1CCCN1. The van der Waals surface area contributed by atoms with Crippen LogP contribution in [0.25, 0.3) is 0 Å². The molecule has 0 saturated carbocycles. The molecule has 0 aromatic carbocycles. The van der Waals surface area contributed by atoms with Crippen LogP contribution >= 0.6 is 0 Å². The third-order valence-electron chi connectivity index (χ3n) is 2.80. The Labute approximate surface area is 79.2 Å². The van der Waals surface area contributed by atoms with Crippen LogP contribution in [0.15, 0.2) is 12.5 Å². The Morgan fingerprint density at radius 3 is 3.23 bits per heavy atom. The molecule has 1 aliphatic rings. The predicted octanol–water partition coefficient (Wildman–Crippen LogP) is 1.33. The minimum Gasteiger partial charge on any atom is -0.335 e. The van der Waals surface area contributed by atoms with Gasteiger partial charge in [-0.25, -0.2) is 4.98 Å². The molecule has 1 aliphatic heterocycles. The quantitative estimate of drug-likeness (QED) is 0.758. The van der Waals surface area contributed by atoms with Crippen LogP contribution in [0.4, 0.5) is 0 Å². The first-order chi connectivity index (χ1) is 6.36. The molecular formula is C10H17N3. The van der Waals surface area contributed by atoms with Crippen molar-refractivity contribution in [1.82, 2.24) is 14.9 Å². The van der Waals surface area contributed by atoms with Crippen molar-refractivity contribution < 1.29 is 0 Å². The first-order valence-electron chi connectivity index (χ1n) is 5.06. The van der Waals surface area contributed by atoms with Crippen LogP contribution in [0.1, 0.15) is 25.0 Å². The third kappa shape index (κ3) is 2.10. The van der Waals surface area contributed by atoms with Gasteiger partial charge in [0.1, 0.15) is 0 Å². The van der Waals surface area contributed by atoms with Crippen LogP contribution in [-0.2, 0) is 6.54 Å². The Kier molecular flexibility index (Phi) is 2.64. The van der Waals surface area contributed by atoms with Crippen molar-refractivity contribution in [3.8, 4) is 0 Å². The molecule has 1 N–H and O–H groups in total. The summed E-state index contributed by atoms with van der Waals surface area (Å²) in [6.07, 6.45) is 7.75. The third-order valence-corrected chi connectivity index (χ3v) is 2.80. The molecule has 13 heavy (non-hydrogen) atoms. The Hall–Kier alpha value is -0.830. The molecule has 72 valence electrons. The lowest BCUT2D eigenvalue weighted by Crippen LogP contribution is -2.22. The second-order valence-electron chi connectivity index (χ2n) is 3.81. The van der Waals surface area contributed by atoms with E-state index in [0.29, 0.717) is 0 Å². The second-order valence-corrected chi connectivity index (χ2v) is 3.81. The maximum absolute atomic E-state index is 4.11. The van der Waals surface area contributed by atoms with Crippen molar-refractivity contribution >= 4 is 0 Å². The molecule has 0 bridgehead atoms. The maximum Gasteiger partial charge on any atom is 0.0948 e. The minimum absolute atomic E-state index is 0.738. The topological polar surface area (TPSA) is 29.9 Å². The first kappa shape index (κ1) is 8.75. The molecule has 2 heterocycles. The van der Waals surface area contributed by atoms with E-state index in [4.69, 9.17) is 0 Å². The van der Waals surface area contributed by atoms with E-state index in [1.807, 2.05) is 12.5 Å². The minimum atomic E-state index is 0.738. The molecular weight excluding hydrogens is 162 g/mol. The predicted molar refractivity (Wildman–Crippen MR) is 52.6 cm³/mol. The molecule has 0 radical (unpaired) electrons. The normalized spacial score (nSPS) is 22.4. The highest BCUT2D eigenvalue weighted by Crippen LogP contribution is 2.10. The highest BCUT2D eigenvalue weighted by atomic mass is 15.0. The number of nitrogens with zero attached hydrogens (tertiary/aromatic N) is 2. The van der Waals surface area contributed by atoms with Gasteiger partial charge in [0.2, 0.25) is 0 Å². The number of aryl methyl sites for hydroxylation is 2. The summed E-state index contributed by atoms with van der Waals surface area (Å²) in [5.41, 5.74) is 1.26. The fourth-order valence-corrected chi connectivity index (χ4v) is 1.92. The van der Waals surface area contributed by atoms with Crippen LogP contribution in [0.2, 0.25) is 0 Å². The lowest BCUT2D eigenvalue weighted by molar-refractivity contribution is 0.501. The van der Waals surface area contributed by atoms with Crippen LogP contribution in [0, 0.1) is 6.92 Å². The van der Waals surface area contributed by atoms with Crippen molar-refractivity contribution in [3.05, 3.63) is 18.2 Å². The second kappa shape index (κ2) is 3.92. The van der Waals surface area contributed by atoms with Gasteiger partial charge in [0.15, 0.2) is 0 Å². The van der Waals surface area contributed by atoms with Crippen LogP contribution in [0.3, 0.4) is 0 Å². The number of rotatable bonds is 3. The molecule has 0 amide bonds. The Morgan fingerprint density at radius 1 is 1.69 bits per heavy atom. The van der Waals surface area contributed by atoms with Crippen molar-refractivity contribution in [3.63, 3.8) is 0 Å². The van der Waals surface area contributed by atoms with Gasteiger partial charge in [0.25, 0.3) is 0 Å². The molecule has 1 unspecified atom stereocenters. The van der Waals surface area contributed by atoms with E-state index in [-0.39, 0.29) is 0 Å². The molecule has 3 heteroatoms. The standard InChI is InChI=1S/C10H17N3/c1-9-7-11-8-13(9)6-4-10-3-2-5-12-10/h7-8,10,12H,2-6H2,1H3. The molecule has 1 aromatic rings. The smallest absolute Gasteiger partial charge is 0.0948 e. The molecule has 0 spiro atoms. The number of imidazole rings is 1. The zero-order valence-electron chi connectivity index (χ0n) is 8.16. The highest BCUT2D eigenvalue weighted by Gasteiger charge is 2.13. The Morgan fingerprint density at radius 2 is 2.62 bits per heavy atom. The van der Waals surface area contributed by atoms with E-state index in [0.717, 1.165) is 12.6 Å². The van der Waals surface area contributed by atoms with Gasteiger partial charge in [-0.3, -0.25) is 0 Å². The average molecular weight is 179 g/mol. The van der Waals surface area contributed by atoms with E-state index >= 15 is 0 Å². The van der Waals surface area contributed by atoms with Crippen molar-refractivity contribution in [1.29, 1.82) is 0 Å². The molecule has 1 aromatic heterocycles. The number of hydrogen-bond acceptors (Lipinski definition) is 2. The summed E-state index contributed by atoms with van der Waals surface area (Å²) >= 11 is 0. The van der Waals surface area contributed by atoms with Gasteiger partial charge in [-0.2, -0.15) is 0 Å². The van der Waals surface area contributed by atoms with Gasteiger partial charge >= 0.3 is 0 Å². The lowest BCUT2D eigenvalue weighted by atomic mass is 10.1. The van der Waals surface area contributed by atoms with Gasteiger partial charge in [-0.1, -0.05) is 0 Å².